The van der Waals surface area contributed by atoms with Crippen molar-refractivity contribution in [2.45, 2.75) is 0 Å². The van der Waals surface area contributed by atoms with Crippen LogP contribution < -0.4 is 5.32 Å². The zero-order valence-electron chi connectivity index (χ0n) is 12.4. The molecular weight excluding hydrogens is 344 g/mol. The fourth-order valence-corrected chi connectivity index (χ4v) is 3.66. The second kappa shape index (κ2) is 5.85. The number of halogens is 1. The molecule has 6 heteroatoms. The third-order valence-electron chi connectivity index (χ3n) is 3.81. The van der Waals surface area contributed by atoms with Crippen molar-refractivity contribution in [1.82, 2.24) is 4.98 Å². The molecule has 3 aromatic rings. The predicted octanol–water partition coefficient (Wildman–Crippen LogP) is 4.37. The molecular formula is C18H11ClN2O2S. The summed E-state index contributed by atoms with van der Waals surface area (Å²) in [5, 5.41) is 4.45. The van der Waals surface area contributed by atoms with E-state index in [4.69, 9.17) is 11.6 Å². The number of ketones is 2. The minimum atomic E-state index is -0.141. The number of allylic oxidation sites excluding steroid dienone is 1. The summed E-state index contributed by atoms with van der Waals surface area (Å²) in [6.45, 7) is 0.256. The molecule has 4 nitrogen and oxygen atoms in total. The normalized spacial score (nSPS) is 13.8. The van der Waals surface area contributed by atoms with E-state index in [1.807, 2.05) is 12.1 Å². The number of hydrogen-bond acceptors (Lipinski definition) is 5. The van der Waals surface area contributed by atoms with Gasteiger partial charge in [0, 0.05) is 28.3 Å². The van der Waals surface area contributed by atoms with Crippen molar-refractivity contribution in [2.24, 2.45) is 0 Å². The van der Waals surface area contributed by atoms with E-state index in [-0.39, 0.29) is 18.1 Å². The van der Waals surface area contributed by atoms with Gasteiger partial charge in [-0.2, -0.15) is 0 Å². The van der Waals surface area contributed by atoms with Gasteiger partial charge in [-0.15, -0.1) is 0 Å². The van der Waals surface area contributed by atoms with E-state index in [0.29, 0.717) is 26.9 Å². The second-order valence-corrected chi connectivity index (χ2v) is 6.86. The van der Waals surface area contributed by atoms with Crippen LogP contribution in [0.3, 0.4) is 0 Å². The average molecular weight is 355 g/mol. The molecule has 0 spiro atoms. The third-order valence-corrected chi connectivity index (χ3v) is 5.04. The number of aromatic nitrogens is 1. The van der Waals surface area contributed by atoms with Gasteiger partial charge < -0.3 is 5.32 Å². The molecule has 1 heterocycles. The van der Waals surface area contributed by atoms with Crippen LogP contribution in [0.25, 0.3) is 10.2 Å². The quantitative estimate of drug-likeness (QED) is 0.758. The van der Waals surface area contributed by atoms with Crippen LogP contribution in [-0.2, 0) is 0 Å². The molecule has 0 aliphatic heterocycles. The standard InChI is InChI=1S/C18H11ClN2O2S/c19-11-5-6-16-14(8-11)21-18(24-16)20-9-10-7-15(22)12-3-1-2-4-13(12)17(10)23/h1-8H,9H2,(H,20,21). The largest absolute Gasteiger partial charge is 0.357 e. The Morgan fingerprint density at radius 3 is 2.71 bits per heavy atom. The van der Waals surface area contributed by atoms with Crippen LogP contribution in [0.2, 0.25) is 5.02 Å². The zero-order valence-corrected chi connectivity index (χ0v) is 13.9. The molecule has 1 aliphatic carbocycles. The number of carbonyl (C=O) groups is 2. The first-order chi connectivity index (χ1) is 11.6. The van der Waals surface area contributed by atoms with Crippen molar-refractivity contribution < 1.29 is 9.59 Å². The van der Waals surface area contributed by atoms with Crippen molar-refractivity contribution in [3.8, 4) is 0 Å². The first-order valence-electron chi connectivity index (χ1n) is 7.30. The lowest BCUT2D eigenvalue weighted by atomic mass is 9.89. The first-order valence-corrected chi connectivity index (χ1v) is 8.50. The van der Waals surface area contributed by atoms with Gasteiger partial charge in [-0.1, -0.05) is 47.2 Å². The van der Waals surface area contributed by atoms with Gasteiger partial charge in [0.25, 0.3) is 0 Å². The lowest BCUT2D eigenvalue weighted by molar-refractivity contribution is 0.0984. The summed E-state index contributed by atoms with van der Waals surface area (Å²) in [6.07, 6.45) is 1.40. The summed E-state index contributed by atoms with van der Waals surface area (Å²) >= 11 is 7.44. The number of rotatable bonds is 3. The van der Waals surface area contributed by atoms with Gasteiger partial charge in [-0.05, 0) is 24.3 Å². The van der Waals surface area contributed by atoms with Gasteiger partial charge in [0.05, 0.1) is 10.2 Å². The highest BCUT2D eigenvalue weighted by molar-refractivity contribution is 7.22. The Morgan fingerprint density at radius 1 is 1.08 bits per heavy atom. The Balaban J connectivity index is 1.57. The molecule has 1 aromatic heterocycles. The first kappa shape index (κ1) is 15.1. The maximum Gasteiger partial charge on any atom is 0.191 e. The van der Waals surface area contributed by atoms with Gasteiger partial charge in [0.2, 0.25) is 0 Å². The Kier molecular flexibility index (Phi) is 3.67. The lowest BCUT2D eigenvalue weighted by Gasteiger charge is -2.14. The number of carbonyl (C=O) groups excluding carboxylic acids is 2. The van der Waals surface area contributed by atoms with Crippen LogP contribution in [0.5, 0.6) is 0 Å². The van der Waals surface area contributed by atoms with E-state index >= 15 is 0 Å². The lowest BCUT2D eigenvalue weighted by Crippen LogP contribution is -2.21. The average Bonchev–Trinajstić information content (AvgIpc) is 2.99. The molecule has 0 atom stereocenters. The number of thiazole rings is 1. The van der Waals surface area contributed by atoms with E-state index in [9.17, 15) is 9.59 Å². The molecule has 0 amide bonds. The van der Waals surface area contributed by atoms with Gasteiger partial charge >= 0.3 is 0 Å². The fraction of sp³-hybridized carbons (Fsp3) is 0.0556. The molecule has 0 unspecified atom stereocenters. The van der Waals surface area contributed by atoms with E-state index < -0.39 is 0 Å². The van der Waals surface area contributed by atoms with Crippen molar-refractivity contribution in [3.05, 3.63) is 70.3 Å². The smallest absolute Gasteiger partial charge is 0.191 e. The predicted molar refractivity (Wildman–Crippen MR) is 96.3 cm³/mol. The molecule has 1 N–H and O–H groups in total. The topological polar surface area (TPSA) is 59.1 Å². The van der Waals surface area contributed by atoms with Crippen LogP contribution >= 0.6 is 22.9 Å². The summed E-state index contributed by atoms with van der Waals surface area (Å²) in [4.78, 5) is 29.1. The van der Waals surface area contributed by atoms with Gasteiger partial charge in [-0.25, -0.2) is 4.98 Å². The highest BCUT2D eigenvalue weighted by Crippen LogP contribution is 2.28. The number of hydrogen-bond donors (Lipinski definition) is 1. The van der Waals surface area contributed by atoms with Crippen LogP contribution in [0.4, 0.5) is 5.13 Å². The van der Waals surface area contributed by atoms with E-state index in [1.54, 1.807) is 30.3 Å². The SMILES string of the molecule is O=C1C=C(CNc2nc3cc(Cl)ccc3s2)C(=O)c2ccccc21. The number of nitrogens with one attached hydrogen (secondary N) is 1. The highest BCUT2D eigenvalue weighted by Gasteiger charge is 2.24. The summed E-state index contributed by atoms with van der Waals surface area (Å²) in [5.41, 5.74) is 2.16. The van der Waals surface area contributed by atoms with Gasteiger partial charge in [0.1, 0.15) is 0 Å². The van der Waals surface area contributed by atoms with Crippen molar-refractivity contribution >= 4 is 49.9 Å². The summed E-state index contributed by atoms with van der Waals surface area (Å²) in [5.74, 6) is -0.264. The van der Waals surface area contributed by atoms with Gasteiger partial charge in [-0.3, -0.25) is 9.59 Å². The van der Waals surface area contributed by atoms with Crippen LogP contribution in [0.1, 0.15) is 20.7 Å². The molecule has 0 bridgehead atoms. The van der Waals surface area contributed by atoms with E-state index in [0.717, 1.165) is 10.2 Å². The molecule has 0 fully saturated rings. The molecule has 0 saturated heterocycles. The molecule has 0 saturated carbocycles. The number of fused-ring (bicyclic) bond motifs is 2. The maximum atomic E-state index is 12.5. The summed E-state index contributed by atoms with van der Waals surface area (Å²) < 4.78 is 1.01. The van der Waals surface area contributed by atoms with E-state index in [1.165, 1.54) is 17.4 Å². The molecule has 118 valence electrons. The molecule has 1 aliphatic rings. The Bertz CT molecular complexity index is 1020. The molecule has 2 aromatic carbocycles. The number of Topliss-reactive ketones (excluding diaryl/α,β-unsaturated/α-hetero) is 1. The monoisotopic (exact) mass is 354 g/mol. The van der Waals surface area contributed by atoms with Crippen LogP contribution in [0.15, 0.2) is 54.1 Å². The third kappa shape index (κ3) is 2.62. The van der Waals surface area contributed by atoms with Crippen LogP contribution in [0, 0.1) is 0 Å². The second-order valence-electron chi connectivity index (χ2n) is 5.39. The molecule has 24 heavy (non-hydrogen) atoms. The fourth-order valence-electron chi connectivity index (χ4n) is 2.65. The Labute approximate surface area is 146 Å². The van der Waals surface area contributed by atoms with Gasteiger partial charge in [0.15, 0.2) is 16.7 Å². The molecule has 4 rings (SSSR count). The summed E-state index contributed by atoms with van der Waals surface area (Å²) in [6, 6.07) is 12.4. The number of anilines is 1. The van der Waals surface area contributed by atoms with E-state index in [2.05, 4.69) is 10.3 Å². The Morgan fingerprint density at radius 2 is 1.88 bits per heavy atom. The van der Waals surface area contributed by atoms with Crippen molar-refractivity contribution in [3.63, 3.8) is 0 Å². The number of nitrogens with zero attached hydrogens (tertiary/aromatic N) is 1. The summed E-state index contributed by atoms with van der Waals surface area (Å²) in [7, 11) is 0. The van der Waals surface area contributed by atoms with Crippen molar-refractivity contribution in [2.75, 3.05) is 11.9 Å². The minimum absolute atomic E-state index is 0.123. The van der Waals surface area contributed by atoms with Crippen molar-refractivity contribution in [1.29, 1.82) is 0 Å². The maximum absolute atomic E-state index is 12.5. The zero-order chi connectivity index (χ0) is 16.7. The minimum Gasteiger partial charge on any atom is -0.357 e. The molecule has 0 radical (unpaired) electrons. The van der Waals surface area contributed by atoms with Crippen LogP contribution in [-0.4, -0.2) is 23.1 Å². The number of benzene rings is 2. The Hall–Kier alpha value is -2.50. The highest BCUT2D eigenvalue weighted by atomic mass is 35.5.